The van der Waals surface area contributed by atoms with Crippen molar-refractivity contribution < 1.29 is 14.3 Å². The van der Waals surface area contributed by atoms with Crippen molar-refractivity contribution in [3.63, 3.8) is 0 Å². The number of hydrogen-bond acceptors (Lipinski definition) is 4. The molecule has 2 amide bonds. The van der Waals surface area contributed by atoms with E-state index in [1.807, 2.05) is 49.7 Å². The second-order valence-corrected chi connectivity index (χ2v) is 7.33. The molecule has 1 aromatic carbocycles. The molecule has 0 spiro atoms. The topological polar surface area (TPSA) is 76.5 Å². The second kappa shape index (κ2) is 7.07. The molecular formula is C19H26N4O3. The lowest BCUT2D eigenvalue weighted by molar-refractivity contribution is -0.129. The first-order valence-electron chi connectivity index (χ1n) is 8.84. The van der Waals surface area contributed by atoms with Crippen LogP contribution in [0.5, 0.6) is 0 Å². The van der Waals surface area contributed by atoms with Crippen molar-refractivity contribution in [1.29, 1.82) is 0 Å². The van der Waals surface area contributed by atoms with E-state index in [2.05, 4.69) is 10.3 Å². The highest BCUT2D eigenvalue weighted by Crippen LogP contribution is 2.25. The van der Waals surface area contributed by atoms with Crippen molar-refractivity contribution in [3.8, 4) is 0 Å². The normalized spacial score (nSPS) is 17.9. The van der Waals surface area contributed by atoms with Gasteiger partial charge in [0.2, 0.25) is 11.8 Å². The highest BCUT2D eigenvalue weighted by molar-refractivity contribution is 5.89. The molecule has 140 valence electrons. The molecule has 1 fully saturated rings. The van der Waals surface area contributed by atoms with E-state index in [1.165, 1.54) is 0 Å². The number of likely N-dealkylation sites (tertiary alicyclic amines) is 1. The van der Waals surface area contributed by atoms with E-state index in [9.17, 15) is 9.59 Å². The van der Waals surface area contributed by atoms with Gasteiger partial charge in [0.15, 0.2) is 0 Å². The van der Waals surface area contributed by atoms with Gasteiger partial charge >= 0.3 is 0 Å². The number of aryl methyl sites for hydroxylation is 1. The van der Waals surface area contributed by atoms with Crippen molar-refractivity contribution in [3.05, 3.63) is 30.1 Å². The van der Waals surface area contributed by atoms with Crippen LogP contribution in [0.4, 0.5) is 0 Å². The average molecular weight is 358 g/mol. The Hall–Kier alpha value is -2.41. The van der Waals surface area contributed by atoms with Gasteiger partial charge in [0.1, 0.15) is 5.82 Å². The molecule has 1 saturated heterocycles. The van der Waals surface area contributed by atoms with Gasteiger partial charge in [-0.05, 0) is 26.0 Å². The van der Waals surface area contributed by atoms with E-state index in [0.717, 1.165) is 16.9 Å². The third-order valence-electron chi connectivity index (χ3n) is 4.93. The van der Waals surface area contributed by atoms with E-state index < -0.39 is 5.54 Å². The Bertz CT molecular complexity index is 827. The lowest BCUT2D eigenvalue weighted by Crippen LogP contribution is -2.46. The van der Waals surface area contributed by atoms with Crippen molar-refractivity contribution >= 4 is 22.8 Å². The molecule has 26 heavy (non-hydrogen) atoms. The number of para-hydroxylation sites is 2. The number of methoxy groups -OCH3 is 1. The molecule has 1 N–H and O–H groups in total. The molecule has 1 aliphatic heterocycles. The van der Waals surface area contributed by atoms with Crippen molar-refractivity contribution in [2.24, 2.45) is 13.0 Å². The standard InChI is InChI=1S/C19H26N4O3/c1-19(2,18-20-14-7-5-6-8-15(14)22(18)3)21-17(25)13-11-16(24)23(12-13)9-10-26-4/h5-8,13H,9-12H2,1-4H3,(H,21,25). The largest absolute Gasteiger partial charge is 0.383 e. The Balaban J connectivity index is 1.73. The summed E-state index contributed by atoms with van der Waals surface area (Å²) >= 11 is 0. The zero-order valence-corrected chi connectivity index (χ0v) is 15.8. The molecular weight excluding hydrogens is 332 g/mol. The van der Waals surface area contributed by atoms with Gasteiger partial charge in [0.05, 0.1) is 29.1 Å². The van der Waals surface area contributed by atoms with Crippen LogP contribution in [0.1, 0.15) is 26.1 Å². The minimum Gasteiger partial charge on any atom is -0.383 e. The molecule has 0 radical (unpaired) electrons. The fourth-order valence-electron chi connectivity index (χ4n) is 3.54. The third-order valence-corrected chi connectivity index (χ3v) is 4.93. The number of carbonyl (C=O) groups is 2. The second-order valence-electron chi connectivity index (χ2n) is 7.33. The molecule has 7 heteroatoms. The van der Waals surface area contributed by atoms with Gasteiger partial charge < -0.3 is 19.5 Å². The summed E-state index contributed by atoms with van der Waals surface area (Å²) in [4.78, 5) is 31.2. The van der Waals surface area contributed by atoms with Gasteiger partial charge in [0.25, 0.3) is 0 Å². The smallest absolute Gasteiger partial charge is 0.226 e. The summed E-state index contributed by atoms with van der Waals surface area (Å²) in [6.45, 7) is 5.31. The van der Waals surface area contributed by atoms with Gasteiger partial charge in [-0.25, -0.2) is 4.98 Å². The maximum atomic E-state index is 12.8. The molecule has 2 heterocycles. The van der Waals surface area contributed by atoms with Crippen LogP contribution in [0.15, 0.2) is 24.3 Å². The van der Waals surface area contributed by atoms with Gasteiger partial charge in [0, 0.05) is 33.7 Å². The first-order chi connectivity index (χ1) is 12.3. The van der Waals surface area contributed by atoms with Crippen LogP contribution >= 0.6 is 0 Å². The third kappa shape index (κ3) is 3.44. The van der Waals surface area contributed by atoms with Crippen molar-refractivity contribution in [2.45, 2.75) is 25.8 Å². The highest BCUT2D eigenvalue weighted by Gasteiger charge is 2.37. The van der Waals surface area contributed by atoms with Crippen LogP contribution < -0.4 is 5.32 Å². The molecule has 1 aromatic heterocycles. The number of aromatic nitrogens is 2. The van der Waals surface area contributed by atoms with Crippen LogP contribution in [-0.4, -0.2) is 53.1 Å². The number of rotatable bonds is 6. The number of benzene rings is 1. The maximum Gasteiger partial charge on any atom is 0.226 e. The zero-order valence-electron chi connectivity index (χ0n) is 15.8. The minimum absolute atomic E-state index is 0.00253. The number of fused-ring (bicyclic) bond motifs is 1. The summed E-state index contributed by atoms with van der Waals surface area (Å²) < 4.78 is 7.02. The molecule has 1 unspecified atom stereocenters. The number of nitrogens with one attached hydrogen (secondary N) is 1. The maximum absolute atomic E-state index is 12.8. The Morgan fingerprint density at radius 3 is 2.81 bits per heavy atom. The first kappa shape index (κ1) is 18.4. The van der Waals surface area contributed by atoms with Gasteiger partial charge in [-0.2, -0.15) is 0 Å². The summed E-state index contributed by atoms with van der Waals surface area (Å²) in [5.41, 5.74) is 1.27. The number of amides is 2. The van der Waals surface area contributed by atoms with Gasteiger partial charge in [-0.15, -0.1) is 0 Å². The summed E-state index contributed by atoms with van der Waals surface area (Å²) in [6.07, 6.45) is 0.244. The number of hydrogen-bond donors (Lipinski definition) is 1. The number of carbonyl (C=O) groups excluding carboxylic acids is 2. The van der Waals surface area contributed by atoms with Crippen LogP contribution in [0.25, 0.3) is 11.0 Å². The predicted octanol–water partition coefficient (Wildman–Crippen LogP) is 1.42. The van der Waals surface area contributed by atoms with Crippen LogP contribution in [0.2, 0.25) is 0 Å². The highest BCUT2D eigenvalue weighted by atomic mass is 16.5. The zero-order chi connectivity index (χ0) is 18.9. The lowest BCUT2D eigenvalue weighted by Gasteiger charge is -2.27. The number of ether oxygens (including phenoxy) is 1. The summed E-state index contributed by atoms with van der Waals surface area (Å²) in [5, 5.41) is 3.08. The van der Waals surface area contributed by atoms with Gasteiger partial charge in [-0.1, -0.05) is 12.1 Å². The SMILES string of the molecule is COCCN1CC(C(=O)NC(C)(C)c2nc3ccccc3n2C)CC1=O. The summed E-state index contributed by atoms with van der Waals surface area (Å²) in [7, 11) is 3.55. The van der Waals surface area contributed by atoms with E-state index >= 15 is 0 Å². The molecule has 1 aliphatic rings. The molecule has 1 atom stereocenters. The fourth-order valence-corrected chi connectivity index (χ4v) is 3.54. The van der Waals surface area contributed by atoms with Crippen LogP contribution in [0, 0.1) is 5.92 Å². The Morgan fingerprint density at radius 2 is 2.12 bits per heavy atom. The quantitative estimate of drug-likeness (QED) is 0.847. The Morgan fingerprint density at radius 1 is 1.38 bits per heavy atom. The molecule has 7 nitrogen and oxygen atoms in total. The molecule has 3 rings (SSSR count). The lowest BCUT2D eigenvalue weighted by atomic mass is 10.0. The monoisotopic (exact) mass is 358 g/mol. The Labute approximate surface area is 153 Å². The first-order valence-corrected chi connectivity index (χ1v) is 8.84. The van der Waals surface area contributed by atoms with Crippen LogP contribution in [-0.2, 0) is 26.9 Å². The predicted molar refractivity (Wildman–Crippen MR) is 98.4 cm³/mol. The van der Waals surface area contributed by atoms with Crippen molar-refractivity contribution in [2.75, 3.05) is 26.8 Å². The summed E-state index contributed by atoms with van der Waals surface area (Å²) in [6, 6.07) is 7.88. The van der Waals surface area contributed by atoms with Crippen LogP contribution in [0.3, 0.4) is 0 Å². The fraction of sp³-hybridized carbons (Fsp3) is 0.526. The van der Waals surface area contributed by atoms with Gasteiger partial charge in [-0.3, -0.25) is 9.59 Å². The molecule has 0 saturated carbocycles. The Kier molecular flexibility index (Phi) is 5.00. The van der Waals surface area contributed by atoms with E-state index in [0.29, 0.717) is 19.7 Å². The number of imidazole rings is 1. The molecule has 0 bridgehead atoms. The average Bonchev–Trinajstić information content (AvgIpc) is 3.14. The van der Waals surface area contributed by atoms with E-state index in [-0.39, 0.29) is 24.2 Å². The summed E-state index contributed by atoms with van der Waals surface area (Å²) in [5.74, 6) is 0.332. The molecule has 2 aromatic rings. The molecule has 0 aliphatic carbocycles. The number of nitrogens with zero attached hydrogens (tertiary/aromatic N) is 3. The van der Waals surface area contributed by atoms with Crippen molar-refractivity contribution in [1.82, 2.24) is 19.8 Å². The minimum atomic E-state index is -0.645. The van der Waals surface area contributed by atoms with E-state index in [4.69, 9.17) is 4.74 Å². The van der Waals surface area contributed by atoms with E-state index in [1.54, 1.807) is 12.0 Å².